The van der Waals surface area contributed by atoms with Crippen molar-refractivity contribution in [2.75, 3.05) is 6.54 Å². The highest BCUT2D eigenvalue weighted by Gasteiger charge is 2.47. The molecule has 86 valence electrons. The van der Waals surface area contributed by atoms with Crippen molar-refractivity contribution in [3.05, 3.63) is 0 Å². The summed E-state index contributed by atoms with van der Waals surface area (Å²) in [5, 5.41) is 0. The zero-order valence-corrected chi connectivity index (χ0v) is 10.5. The molecule has 1 saturated carbocycles. The second kappa shape index (κ2) is 3.31. The molecule has 0 radical (unpaired) electrons. The molecule has 15 heavy (non-hydrogen) atoms. The van der Waals surface area contributed by atoms with Gasteiger partial charge in [-0.05, 0) is 32.1 Å². The zero-order valence-electron chi connectivity index (χ0n) is 10.5. The van der Waals surface area contributed by atoms with Gasteiger partial charge in [0.15, 0.2) is 0 Å². The molecule has 1 aliphatic heterocycles. The number of ketones is 1. The number of rotatable bonds is 1. The van der Waals surface area contributed by atoms with Crippen molar-refractivity contribution < 1.29 is 4.79 Å². The van der Waals surface area contributed by atoms with Crippen LogP contribution in [0.2, 0.25) is 0 Å². The average Bonchev–Trinajstić information content (AvgIpc) is 2.10. The van der Waals surface area contributed by atoms with Crippen LogP contribution in [0.1, 0.15) is 53.4 Å². The molecule has 1 aliphatic carbocycles. The molecule has 2 aliphatic rings. The van der Waals surface area contributed by atoms with Gasteiger partial charge in [-0.15, -0.1) is 0 Å². The molecule has 0 N–H and O–H groups in total. The SMILES string of the molecule is CC1(C)CCC(=O)CC1N1CCC1(C)C. The van der Waals surface area contributed by atoms with Crippen LogP contribution >= 0.6 is 0 Å². The minimum Gasteiger partial charge on any atom is -0.300 e. The molecule has 1 atom stereocenters. The van der Waals surface area contributed by atoms with Gasteiger partial charge in [-0.3, -0.25) is 9.69 Å². The lowest BCUT2D eigenvalue weighted by atomic mass is 9.69. The van der Waals surface area contributed by atoms with Crippen LogP contribution in [0.5, 0.6) is 0 Å². The first-order valence-electron chi connectivity index (χ1n) is 6.11. The van der Waals surface area contributed by atoms with E-state index in [2.05, 4.69) is 32.6 Å². The van der Waals surface area contributed by atoms with Crippen molar-refractivity contribution in [1.29, 1.82) is 0 Å². The van der Waals surface area contributed by atoms with E-state index >= 15 is 0 Å². The first kappa shape index (κ1) is 11.1. The lowest BCUT2D eigenvalue weighted by Crippen LogP contribution is -2.64. The molecule has 1 saturated heterocycles. The summed E-state index contributed by atoms with van der Waals surface area (Å²) in [5.41, 5.74) is 0.630. The summed E-state index contributed by atoms with van der Waals surface area (Å²) in [5.74, 6) is 0.460. The highest BCUT2D eigenvalue weighted by atomic mass is 16.1. The van der Waals surface area contributed by atoms with E-state index in [4.69, 9.17) is 0 Å². The van der Waals surface area contributed by atoms with Gasteiger partial charge in [0.2, 0.25) is 0 Å². The summed E-state index contributed by atoms with van der Waals surface area (Å²) in [6, 6.07) is 0.475. The molecule has 0 amide bonds. The van der Waals surface area contributed by atoms with Crippen molar-refractivity contribution in [3.63, 3.8) is 0 Å². The van der Waals surface area contributed by atoms with Crippen molar-refractivity contribution in [2.45, 2.75) is 65.0 Å². The Balaban J connectivity index is 2.15. The third kappa shape index (κ3) is 1.84. The average molecular weight is 209 g/mol. The lowest BCUT2D eigenvalue weighted by molar-refractivity contribution is -0.132. The number of likely N-dealkylation sites (tertiary alicyclic amines) is 1. The molecule has 1 unspecified atom stereocenters. The van der Waals surface area contributed by atoms with E-state index < -0.39 is 0 Å². The molecule has 0 spiro atoms. The molecule has 2 heteroatoms. The minimum atomic E-state index is 0.311. The maximum atomic E-state index is 11.6. The summed E-state index contributed by atoms with van der Waals surface area (Å²) in [4.78, 5) is 14.1. The molecule has 2 fully saturated rings. The van der Waals surface area contributed by atoms with E-state index in [1.54, 1.807) is 0 Å². The number of carbonyl (C=O) groups excluding carboxylic acids is 1. The molecule has 0 aromatic rings. The van der Waals surface area contributed by atoms with Crippen molar-refractivity contribution in [3.8, 4) is 0 Å². The summed E-state index contributed by atoms with van der Waals surface area (Å²) < 4.78 is 0. The van der Waals surface area contributed by atoms with Crippen molar-refractivity contribution >= 4 is 5.78 Å². The fraction of sp³-hybridized carbons (Fsp3) is 0.923. The topological polar surface area (TPSA) is 20.3 Å². The predicted molar refractivity (Wildman–Crippen MR) is 61.8 cm³/mol. The van der Waals surface area contributed by atoms with Crippen LogP contribution in [-0.2, 0) is 4.79 Å². The quantitative estimate of drug-likeness (QED) is 0.661. The third-order valence-electron chi connectivity index (χ3n) is 4.49. The fourth-order valence-corrected chi connectivity index (χ4v) is 3.02. The Morgan fingerprint density at radius 3 is 2.33 bits per heavy atom. The van der Waals surface area contributed by atoms with Crippen LogP contribution in [0.3, 0.4) is 0 Å². The highest BCUT2D eigenvalue weighted by Crippen LogP contribution is 2.44. The van der Waals surface area contributed by atoms with E-state index in [9.17, 15) is 4.79 Å². The van der Waals surface area contributed by atoms with Gasteiger partial charge >= 0.3 is 0 Å². The molecule has 2 nitrogen and oxygen atoms in total. The van der Waals surface area contributed by atoms with Gasteiger partial charge in [-0.2, -0.15) is 0 Å². The van der Waals surface area contributed by atoms with Gasteiger partial charge < -0.3 is 0 Å². The monoisotopic (exact) mass is 209 g/mol. The minimum absolute atomic E-state index is 0.311. The summed E-state index contributed by atoms with van der Waals surface area (Å²) in [6.07, 6.45) is 3.89. The number of hydrogen-bond acceptors (Lipinski definition) is 2. The van der Waals surface area contributed by atoms with Crippen LogP contribution in [0, 0.1) is 5.41 Å². The van der Waals surface area contributed by atoms with Crippen LogP contribution in [0.25, 0.3) is 0 Å². The Hall–Kier alpha value is -0.370. The zero-order chi connectivity index (χ0) is 11.3. The van der Waals surface area contributed by atoms with Crippen LogP contribution in [0.4, 0.5) is 0 Å². The van der Waals surface area contributed by atoms with Crippen LogP contribution in [0.15, 0.2) is 0 Å². The van der Waals surface area contributed by atoms with Gasteiger partial charge in [0.1, 0.15) is 5.78 Å². The first-order chi connectivity index (χ1) is 6.83. The van der Waals surface area contributed by atoms with Crippen LogP contribution < -0.4 is 0 Å². The van der Waals surface area contributed by atoms with E-state index in [-0.39, 0.29) is 0 Å². The second-order valence-corrected chi connectivity index (χ2v) is 6.50. The predicted octanol–water partition coefficient (Wildman–Crippen LogP) is 2.62. The summed E-state index contributed by atoms with van der Waals surface area (Å²) in [7, 11) is 0. The smallest absolute Gasteiger partial charge is 0.134 e. The molecule has 0 bridgehead atoms. The maximum Gasteiger partial charge on any atom is 0.134 e. The second-order valence-electron chi connectivity index (χ2n) is 6.50. The molecule has 0 aromatic heterocycles. The summed E-state index contributed by atoms with van der Waals surface area (Å²) >= 11 is 0. The van der Waals surface area contributed by atoms with E-state index in [1.165, 1.54) is 13.0 Å². The molecular weight excluding hydrogens is 186 g/mol. The molecule has 0 aromatic carbocycles. The Kier molecular flexibility index (Phi) is 2.45. The molecular formula is C13H23NO. The first-order valence-corrected chi connectivity index (χ1v) is 6.11. The third-order valence-corrected chi connectivity index (χ3v) is 4.49. The Morgan fingerprint density at radius 2 is 1.87 bits per heavy atom. The lowest BCUT2D eigenvalue weighted by Gasteiger charge is -2.57. The molecule has 1 heterocycles. The Bertz CT molecular complexity index is 280. The van der Waals surface area contributed by atoms with Crippen LogP contribution in [-0.4, -0.2) is 28.8 Å². The number of hydrogen-bond donors (Lipinski definition) is 0. The normalized spacial score (nSPS) is 34.9. The molecule has 2 rings (SSSR count). The van der Waals surface area contributed by atoms with E-state index in [1.807, 2.05) is 0 Å². The fourth-order valence-electron chi connectivity index (χ4n) is 3.02. The van der Waals surface area contributed by atoms with Gasteiger partial charge in [-0.1, -0.05) is 13.8 Å². The number of nitrogens with zero attached hydrogens (tertiary/aromatic N) is 1. The number of carbonyl (C=O) groups is 1. The van der Waals surface area contributed by atoms with Gasteiger partial charge in [0.05, 0.1) is 0 Å². The summed E-state index contributed by atoms with van der Waals surface area (Å²) in [6.45, 7) is 10.4. The Labute approximate surface area is 93.0 Å². The van der Waals surface area contributed by atoms with Gasteiger partial charge in [0, 0.05) is 31.0 Å². The van der Waals surface area contributed by atoms with Gasteiger partial charge in [-0.25, -0.2) is 0 Å². The highest BCUT2D eigenvalue weighted by molar-refractivity contribution is 5.80. The van der Waals surface area contributed by atoms with E-state index in [0.717, 1.165) is 19.3 Å². The standard InChI is InChI=1S/C13H23NO/c1-12(2)6-5-10(15)9-11(12)14-8-7-13(14,3)4/h11H,5-9H2,1-4H3. The Morgan fingerprint density at radius 1 is 1.20 bits per heavy atom. The largest absolute Gasteiger partial charge is 0.300 e. The van der Waals surface area contributed by atoms with Crippen molar-refractivity contribution in [2.24, 2.45) is 5.41 Å². The maximum absolute atomic E-state index is 11.6. The van der Waals surface area contributed by atoms with Crippen molar-refractivity contribution in [1.82, 2.24) is 4.90 Å². The number of Topliss-reactive ketones (excluding diaryl/α,β-unsaturated/α-hetero) is 1. The van der Waals surface area contributed by atoms with Gasteiger partial charge in [0.25, 0.3) is 0 Å². The van der Waals surface area contributed by atoms with E-state index in [0.29, 0.717) is 22.8 Å².